The van der Waals surface area contributed by atoms with Crippen molar-refractivity contribution in [3.05, 3.63) is 47.0 Å². The van der Waals surface area contributed by atoms with Crippen molar-refractivity contribution < 1.29 is 9.59 Å². The summed E-state index contributed by atoms with van der Waals surface area (Å²) in [5, 5.41) is 0. The number of ketones is 2. The molecule has 0 radical (unpaired) electrons. The Morgan fingerprint density at radius 2 is 1.79 bits per heavy atom. The molecule has 124 valence electrons. The third-order valence-electron chi connectivity index (χ3n) is 7.17. The first-order chi connectivity index (χ1) is 11.6. The van der Waals surface area contributed by atoms with Crippen LogP contribution >= 0.6 is 0 Å². The highest BCUT2D eigenvalue weighted by Crippen LogP contribution is 2.59. The molecule has 0 saturated heterocycles. The van der Waals surface area contributed by atoms with Gasteiger partial charge in [-0.3, -0.25) is 9.59 Å². The molecule has 2 saturated carbocycles. The molecule has 2 bridgehead atoms. The van der Waals surface area contributed by atoms with E-state index in [1.165, 1.54) is 37.7 Å². The second-order valence-corrected chi connectivity index (χ2v) is 8.60. The lowest BCUT2D eigenvalue weighted by atomic mass is 9.64. The number of fused-ring (bicyclic) bond motifs is 6. The van der Waals surface area contributed by atoms with Gasteiger partial charge >= 0.3 is 0 Å². The number of carbonyl (C=O) groups excluding carboxylic acids is 2. The van der Waals surface area contributed by atoms with Crippen molar-refractivity contribution in [3.63, 3.8) is 0 Å². The van der Waals surface area contributed by atoms with E-state index in [0.29, 0.717) is 17.0 Å². The molecular formula is C22H24O2. The van der Waals surface area contributed by atoms with Crippen LogP contribution in [-0.2, 0) is 0 Å². The number of Topliss-reactive ketones (excluding diaryl/α,β-unsaturated/α-hetero) is 2. The third kappa shape index (κ3) is 1.83. The SMILES string of the molecule is CC12C=CC(C1)C1C(=O)c3cc(C4CCCCC4)ccc3C(=O)C12. The highest BCUT2D eigenvalue weighted by molar-refractivity contribution is 6.17. The largest absolute Gasteiger partial charge is 0.294 e. The standard InChI is InChI=1S/C22H24O2/c1-22-10-9-15(12-22)18-19(22)21(24)16-8-7-14(11-17(16)20(18)23)13-5-3-2-4-6-13/h7-11,13,15,18-19H,2-6,12H2,1H3. The van der Waals surface area contributed by atoms with Gasteiger partial charge in [0.1, 0.15) is 0 Å². The Balaban J connectivity index is 1.58. The minimum Gasteiger partial charge on any atom is -0.294 e. The lowest BCUT2D eigenvalue weighted by molar-refractivity contribution is 0.0676. The Morgan fingerprint density at radius 1 is 1.00 bits per heavy atom. The molecule has 4 aliphatic carbocycles. The van der Waals surface area contributed by atoms with Crippen LogP contribution in [0.1, 0.15) is 77.6 Å². The number of allylic oxidation sites excluding steroid dienone is 2. The zero-order chi connectivity index (χ0) is 16.5. The summed E-state index contributed by atoms with van der Waals surface area (Å²) in [6.45, 7) is 2.15. The normalized spacial score (nSPS) is 37.6. The molecule has 24 heavy (non-hydrogen) atoms. The Morgan fingerprint density at radius 3 is 2.58 bits per heavy atom. The third-order valence-corrected chi connectivity index (χ3v) is 7.17. The van der Waals surface area contributed by atoms with Gasteiger partial charge < -0.3 is 0 Å². The van der Waals surface area contributed by atoms with Gasteiger partial charge in [0.25, 0.3) is 0 Å². The van der Waals surface area contributed by atoms with Crippen molar-refractivity contribution in [2.24, 2.45) is 23.2 Å². The average Bonchev–Trinajstić information content (AvgIpc) is 3.14. The number of rotatable bonds is 1. The lowest BCUT2D eigenvalue weighted by Crippen LogP contribution is -2.42. The van der Waals surface area contributed by atoms with Crippen molar-refractivity contribution in [2.75, 3.05) is 0 Å². The fourth-order valence-electron chi connectivity index (χ4n) is 5.95. The van der Waals surface area contributed by atoms with Crippen molar-refractivity contribution in [1.82, 2.24) is 0 Å². The Labute approximate surface area is 143 Å². The first-order valence-corrected chi connectivity index (χ1v) is 9.50. The second-order valence-electron chi connectivity index (χ2n) is 8.60. The highest BCUT2D eigenvalue weighted by atomic mass is 16.1. The molecule has 2 nitrogen and oxygen atoms in total. The molecule has 4 unspecified atom stereocenters. The summed E-state index contributed by atoms with van der Waals surface area (Å²) in [7, 11) is 0. The maximum Gasteiger partial charge on any atom is 0.168 e. The van der Waals surface area contributed by atoms with E-state index in [-0.39, 0.29) is 34.7 Å². The van der Waals surface area contributed by atoms with E-state index in [4.69, 9.17) is 0 Å². The zero-order valence-electron chi connectivity index (χ0n) is 14.3. The molecule has 0 amide bonds. The van der Waals surface area contributed by atoms with Crippen LogP contribution in [0.5, 0.6) is 0 Å². The molecule has 2 heteroatoms. The van der Waals surface area contributed by atoms with Crippen molar-refractivity contribution in [3.8, 4) is 0 Å². The van der Waals surface area contributed by atoms with Crippen LogP contribution in [-0.4, -0.2) is 11.6 Å². The molecule has 0 heterocycles. The highest BCUT2D eigenvalue weighted by Gasteiger charge is 2.60. The average molecular weight is 320 g/mol. The summed E-state index contributed by atoms with van der Waals surface area (Å²) in [5.41, 5.74) is 2.57. The van der Waals surface area contributed by atoms with Crippen LogP contribution in [0.25, 0.3) is 0 Å². The predicted octanol–water partition coefficient (Wildman–Crippen LogP) is 4.94. The molecule has 0 spiro atoms. The molecule has 1 aromatic carbocycles. The van der Waals surface area contributed by atoms with E-state index >= 15 is 0 Å². The van der Waals surface area contributed by atoms with Crippen molar-refractivity contribution in [1.29, 1.82) is 0 Å². The van der Waals surface area contributed by atoms with Gasteiger partial charge in [0.2, 0.25) is 0 Å². The molecule has 1 aromatic rings. The summed E-state index contributed by atoms with van der Waals surface area (Å²) in [4.78, 5) is 26.4. The van der Waals surface area contributed by atoms with Gasteiger partial charge in [0.05, 0.1) is 0 Å². The molecule has 5 rings (SSSR count). The summed E-state index contributed by atoms with van der Waals surface area (Å²) in [6.07, 6.45) is 11.7. The van der Waals surface area contributed by atoms with E-state index in [2.05, 4.69) is 31.2 Å². The quantitative estimate of drug-likeness (QED) is 0.687. The van der Waals surface area contributed by atoms with Gasteiger partial charge in [-0.2, -0.15) is 0 Å². The Hall–Kier alpha value is -1.70. The predicted molar refractivity (Wildman–Crippen MR) is 93.3 cm³/mol. The molecule has 0 aromatic heterocycles. The van der Waals surface area contributed by atoms with Crippen LogP contribution < -0.4 is 0 Å². The van der Waals surface area contributed by atoms with Gasteiger partial charge in [-0.15, -0.1) is 0 Å². The van der Waals surface area contributed by atoms with E-state index in [1.807, 2.05) is 6.07 Å². The topological polar surface area (TPSA) is 34.1 Å². The summed E-state index contributed by atoms with van der Waals surface area (Å²) in [5.74, 6) is 1.03. The minimum atomic E-state index is -0.131. The van der Waals surface area contributed by atoms with Crippen LogP contribution in [0.3, 0.4) is 0 Å². The number of benzene rings is 1. The summed E-state index contributed by atoms with van der Waals surface area (Å²) >= 11 is 0. The smallest absolute Gasteiger partial charge is 0.168 e. The Kier molecular flexibility index (Phi) is 2.99. The Bertz CT molecular complexity index is 768. The van der Waals surface area contributed by atoms with Crippen LogP contribution in [0.4, 0.5) is 0 Å². The number of hydrogen-bond acceptors (Lipinski definition) is 2. The van der Waals surface area contributed by atoms with Crippen LogP contribution in [0, 0.1) is 23.2 Å². The molecule has 0 aliphatic heterocycles. The molecule has 0 N–H and O–H groups in total. The maximum absolute atomic E-state index is 13.2. The fraction of sp³-hybridized carbons (Fsp3) is 0.545. The van der Waals surface area contributed by atoms with Gasteiger partial charge in [-0.25, -0.2) is 0 Å². The van der Waals surface area contributed by atoms with E-state index in [0.717, 1.165) is 6.42 Å². The number of hydrogen-bond donors (Lipinski definition) is 0. The minimum absolute atomic E-state index is 0.109. The van der Waals surface area contributed by atoms with E-state index in [9.17, 15) is 9.59 Å². The molecule has 4 atom stereocenters. The van der Waals surface area contributed by atoms with Crippen molar-refractivity contribution in [2.45, 2.75) is 51.4 Å². The monoisotopic (exact) mass is 320 g/mol. The fourth-order valence-corrected chi connectivity index (χ4v) is 5.95. The molecular weight excluding hydrogens is 296 g/mol. The lowest BCUT2D eigenvalue weighted by Gasteiger charge is -2.36. The van der Waals surface area contributed by atoms with Gasteiger partial charge in [-0.05, 0) is 48.1 Å². The second kappa shape index (κ2) is 4.91. The maximum atomic E-state index is 13.2. The summed E-state index contributed by atoms with van der Waals surface area (Å²) in [6, 6.07) is 6.14. The van der Waals surface area contributed by atoms with Gasteiger partial charge in [0, 0.05) is 23.0 Å². The summed E-state index contributed by atoms with van der Waals surface area (Å²) < 4.78 is 0. The van der Waals surface area contributed by atoms with E-state index in [1.54, 1.807) is 0 Å². The zero-order valence-corrected chi connectivity index (χ0v) is 14.3. The number of carbonyl (C=O) groups is 2. The molecule has 4 aliphatic rings. The first-order valence-electron chi connectivity index (χ1n) is 9.50. The van der Waals surface area contributed by atoms with Crippen LogP contribution in [0.2, 0.25) is 0 Å². The van der Waals surface area contributed by atoms with E-state index < -0.39 is 0 Å². The molecule has 2 fully saturated rings. The van der Waals surface area contributed by atoms with Gasteiger partial charge in [-0.1, -0.05) is 50.5 Å². The first kappa shape index (κ1) is 14.6. The van der Waals surface area contributed by atoms with Gasteiger partial charge in [0.15, 0.2) is 11.6 Å². The van der Waals surface area contributed by atoms with Crippen molar-refractivity contribution >= 4 is 11.6 Å². The van der Waals surface area contributed by atoms with Crippen LogP contribution in [0.15, 0.2) is 30.4 Å².